The van der Waals surface area contributed by atoms with Gasteiger partial charge in [0.15, 0.2) is 0 Å². The Kier molecular flexibility index (Phi) is 5.38. The number of fused-ring (bicyclic) bond motifs is 1. The Morgan fingerprint density at radius 2 is 1.61 bits per heavy atom. The van der Waals surface area contributed by atoms with Crippen molar-refractivity contribution in [2.45, 2.75) is 44.7 Å². The van der Waals surface area contributed by atoms with Gasteiger partial charge in [0, 0.05) is 44.5 Å². The molecule has 0 aromatic heterocycles. The maximum absolute atomic E-state index is 13.4. The second kappa shape index (κ2) is 8.33. The van der Waals surface area contributed by atoms with E-state index in [0.717, 1.165) is 24.1 Å². The van der Waals surface area contributed by atoms with Gasteiger partial charge in [0.05, 0.1) is 11.1 Å². The van der Waals surface area contributed by atoms with Crippen LogP contribution in [0.2, 0.25) is 0 Å². The van der Waals surface area contributed by atoms with E-state index in [0.29, 0.717) is 49.9 Å². The first-order valence-electron chi connectivity index (χ1n) is 11.3. The van der Waals surface area contributed by atoms with Gasteiger partial charge in [-0.1, -0.05) is 31.4 Å². The molecular formula is C25H28FN3O2. The van der Waals surface area contributed by atoms with Crippen LogP contribution in [0, 0.1) is 5.82 Å². The number of hydrogen-bond acceptors (Lipinski definition) is 3. The molecule has 2 aromatic rings. The van der Waals surface area contributed by atoms with Crippen LogP contribution in [0.15, 0.2) is 42.5 Å². The summed E-state index contributed by atoms with van der Waals surface area (Å²) < 4.78 is 13.2. The lowest BCUT2D eigenvalue weighted by Gasteiger charge is -2.36. The van der Waals surface area contributed by atoms with Crippen molar-refractivity contribution in [1.29, 1.82) is 0 Å². The highest BCUT2D eigenvalue weighted by Gasteiger charge is 2.37. The zero-order valence-corrected chi connectivity index (χ0v) is 17.7. The number of benzene rings is 2. The topological polar surface area (TPSA) is 43.9 Å². The Morgan fingerprint density at radius 3 is 2.32 bits per heavy atom. The first-order valence-corrected chi connectivity index (χ1v) is 11.3. The number of nitrogens with zero attached hydrogens (tertiary/aromatic N) is 3. The normalized spacial score (nSPS) is 19.6. The van der Waals surface area contributed by atoms with Gasteiger partial charge in [-0.05, 0) is 48.7 Å². The van der Waals surface area contributed by atoms with E-state index in [1.54, 1.807) is 18.2 Å². The highest BCUT2D eigenvalue weighted by molar-refractivity contribution is 6.09. The van der Waals surface area contributed by atoms with Gasteiger partial charge in [-0.25, -0.2) is 4.39 Å². The molecule has 0 unspecified atom stereocenters. The van der Waals surface area contributed by atoms with Crippen molar-refractivity contribution >= 4 is 17.5 Å². The number of hydrogen-bond donors (Lipinski definition) is 0. The molecule has 5 rings (SSSR count). The van der Waals surface area contributed by atoms with Crippen molar-refractivity contribution in [2.24, 2.45) is 0 Å². The number of amides is 2. The Morgan fingerprint density at radius 1 is 0.903 bits per heavy atom. The molecule has 2 aromatic carbocycles. The second-order valence-corrected chi connectivity index (χ2v) is 8.82. The number of rotatable bonds is 3. The van der Waals surface area contributed by atoms with E-state index in [2.05, 4.69) is 4.90 Å². The molecule has 2 aliphatic heterocycles. The molecule has 0 radical (unpaired) electrons. The van der Waals surface area contributed by atoms with Gasteiger partial charge >= 0.3 is 0 Å². The number of piperazine rings is 1. The smallest absolute Gasteiger partial charge is 0.255 e. The highest BCUT2D eigenvalue weighted by Crippen LogP contribution is 2.33. The molecule has 0 N–H and O–H groups in total. The minimum atomic E-state index is -0.248. The average molecular weight is 422 g/mol. The van der Waals surface area contributed by atoms with Crippen molar-refractivity contribution in [3.8, 4) is 0 Å². The first-order chi connectivity index (χ1) is 15.1. The molecule has 0 spiro atoms. The molecule has 1 saturated heterocycles. The van der Waals surface area contributed by atoms with Gasteiger partial charge in [-0.15, -0.1) is 0 Å². The Hall–Kier alpha value is -2.89. The third-order valence-corrected chi connectivity index (χ3v) is 6.97. The molecule has 0 atom stereocenters. The van der Waals surface area contributed by atoms with Crippen molar-refractivity contribution in [1.82, 2.24) is 9.80 Å². The van der Waals surface area contributed by atoms with Crippen molar-refractivity contribution in [2.75, 3.05) is 31.1 Å². The molecule has 1 saturated carbocycles. The third kappa shape index (κ3) is 3.80. The van der Waals surface area contributed by atoms with Crippen LogP contribution in [-0.2, 0) is 6.54 Å². The molecule has 1 aliphatic carbocycles. The SMILES string of the molecule is O=C(c1cccc2c1C(=O)N(C1CCCCC1)C2)N1CCN(c2ccc(F)cc2)CC1. The summed E-state index contributed by atoms with van der Waals surface area (Å²) in [4.78, 5) is 32.6. The first kappa shape index (κ1) is 20.0. The van der Waals surface area contributed by atoms with E-state index < -0.39 is 0 Å². The molecule has 2 heterocycles. The van der Waals surface area contributed by atoms with Crippen molar-refractivity contribution < 1.29 is 14.0 Å². The van der Waals surface area contributed by atoms with Gasteiger partial charge in [0.25, 0.3) is 11.8 Å². The number of halogens is 1. The summed E-state index contributed by atoms with van der Waals surface area (Å²) in [7, 11) is 0. The van der Waals surface area contributed by atoms with Crippen LogP contribution in [-0.4, -0.2) is 53.8 Å². The molecule has 31 heavy (non-hydrogen) atoms. The minimum absolute atomic E-state index is 0.0239. The van der Waals surface area contributed by atoms with Crippen molar-refractivity contribution in [3.63, 3.8) is 0 Å². The largest absolute Gasteiger partial charge is 0.368 e. The molecule has 2 fully saturated rings. The molecule has 162 valence electrons. The van der Waals surface area contributed by atoms with Gasteiger partial charge in [-0.2, -0.15) is 0 Å². The fourth-order valence-electron chi connectivity index (χ4n) is 5.24. The van der Waals surface area contributed by atoms with Crippen LogP contribution in [0.25, 0.3) is 0 Å². The molecule has 2 amide bonds. The molecule has 5 nitrogen and oxygen atoms in total. The van der Waals surface area contributed by atoms with Gasteiger partial charge in [0.2, 0.25) is 0 Å². The van der Waals surface area contributed by atoms with E-state index in [-0.39, 0.29) is 17.6 Å². The summed E-state index contributed by atoms with van der Waals surface area (Å²) in [5.74, 6) is -0.285. The van der Waals surface area contributed by atoms with Gasteiger partial charge in [0.1, 0.15) is 5.82 Å². The van der Waals surface area contributed by atoms with E-state index in [4.69, 9.17) is 0 Å². The fourth-order valence-corrected chi connectivity index (χ4v) is 5.24. The van der Waals surface area contributed by atoms with Crippen LogP contribution < -0.4 is 4.90 Å². The fraction of sp³-hybridized carbons (Fsp3) is 0.440. The lowest BCUT2D eigenvalue weighted by molar-refractivity contribution is 0.0648. The predicted octanol–water partition coefficient (Wildman–Crippen LogP) is 4.08. The standard InChI is InChI=1S/C25H28FN3O2/c26-19-9-11-20(12-10-19)27-13-15-28(16-14-27)24(30)22-8-4-5-18-17-29(25(31)23(18)22)21-6-2-1-3-7-21/h4-5,8-12,21H,1-3,6-7,13-17H2. The maximum Gasteiger partial charge on any atom is 0.255 e. The van der Waals surface area contributed by atoms with Crippen LogP contribution in [0.3, 0.4) is 0 Å². The van der Waals surface area contributed by atoms with Crippen LogP contribution in [0.5, 0.6) is 0 Å². The third-order valence-electron chi connectivity index (χ3n) is 6.97. The number of carbonyl (C=O) groups is 2. The zero-order chi connectivity index (χ0) is 21.4. The summed E-state index contributed by atoms with van der Waals surface area (Å²) in [6.45, 7) is 3.17. The number of anilines is 1. The van der Waals surface area contributed by atoms with Gasteiger partial charge in [-0.3, -0.25) is 9.59 Å². The van der Waals surface area contributed by atoms with E-state index in [1.165, 1.54) is 31.4 Å². The second-order valence-electron chi connectivity index (χ2n) is 8.82. The lowest BCUT2D eigenvalue weighted by atomic mass is 9.94. The van der Waals surface area contributed by atoms with E-state index in [9.17, 15) is 14.0 Å². The summed E-state index contributed by atoms with van der Waals surface area (Å²) >= 11 is 0. The number of carbonyl (C=O) groups excluding carboxylic acids is 2. The molecule has 3 aliphatic rings. The molecule has 0 bridgehead atoms. The monoisotopic (exact) mass is 421 g/mol. The van der Waals surface area contributed by atoms with Crippen LogP contribution >= 0.6 is 0 Å². The molecule has 6 heteroatoms. The molecular weight excluding hydrogens is 393 g/mol. The van der Waals surface area contributed by atoms with Crippen LogP contribution in [0.1, 0.15) is 58.4 Å². The Bertz CT molecular complexity index is 977. The van der Waals surface area contributed by atoms with Crippen molar-refractivity contribution in [3.05, 3.63) is 65.0 Å². The minimum Gasteiger partial charge on any atom is -0.368 e. The van der Waals surface area contributed by atoms with E-state index in [1.807, 2.05) is 21.9 Å². The quantitative estimate of drug-likeness (QED) is 0.750. The zero-order valence-electron chi connectivity index (χ0n) is 17.7. The Balaban J connectivity index is 1.30. The summed E-state index contributed by atoms with van der Waals surface area (Å²) in [6, 6.07) is 12.5. The lowest BCUT2D eigenvalue weighted by Crippen LogP contribution is -2.49. The average Bonchev–Trinajstić information content (AvgIpc) is 3.16. The highest BCUT2D eigenvalue weighted by atomic mass is 19.1. The maximum atomic E-state index is 13.4. The predicted molar refractivity (Wildman–Crippen MR) is 118 cm³/mol. The summed E-state index contributed by atoms with van der Waals surface area (Å²) in [6.07, 6.45) is 5.73. The Labute approximate surface area is 182 Å². The van der Waals surface area contributed by atoms with Gasteiger partial charge < -0.3 is 14.7 Å². The van der Waals surface area contributed by atoms with E-state index >= 15 is 0 Å². The van der Waals surface area contributed by atoms with Crippen LogP contribution in [0.4, 0.5) is 10.1 Å². The summed E-state index contributed by atoms with van der Waals surface area (Å²) in [5, 5.41) is 0. The summed E-state index contributed by atoms with van der Waals surface area (Å²) in [5.41, 5.74) is 3.09.